The topological polar surface area (TPSA) is 12.0 Å². The summed E-state index contributed by atoms with van der Waals surface area (Å²) in [7, 11) is 0. The van der Waals surface area contributed by atoms with Crippen molar-refractivity contribution in [1.82, 2.24) is 0 Å². The lowest BCUT2D eigenvalue weighted by Crippen LogP contribution is -1.99. The van der Waals surface area contributed by atoms with E-state index in [-0.39, 0.29) is 0 Å². The zero-order valence-corrected chi connectivity index (χ0v) is 15.6. The lowest BCUT2D eigenvalue weighted by atomic mass is 10.3. The maximum Gasteiger partial charge on any atom is 0.0702 e. The smallest absolute Gasteiger partial charge is 0.0702 e. The molecule has 1 aromatic carbocycles. The summed E-state index contributed by atoms with van der Waals surface area (Å²) in [6.45, 7) is 0.815. The van der Waals surface area contributed by atoms with E-state index < -0.39 is 0 Å². The number of hydrogen-bond acceptors (Lipinski definition) is 2. The van der Waals surface area contributed by atoms with Crippen molar-refractivity contribution in [3.8, 4) is 0 Å². The van der Waals surface area contributed by atoms with Gasteiger partial charge in [0.1, 0.15) is 0 Å². The minimum atomic E-state index is 0.815. The summed E-state index contributed by atoms with van der Waals surface area (Å²) < 4.78 is 4.27. The summed E-state index contributed by atoms with van der Waals surface area (Å²) in [5.41, 5.74) is 1.07. The Hall–Kier alpha value is 0.640. The second kappa shape index (κ2) is 6.19. The highest BCUT2D eigenvalue weighted by atomic mass is 79.9. The van der Waals surface area contributed by atoms with Crippen LogP contribution in [0.2, 0.25) is 0 Å². The van der Waals surface area contributed by atoms with E-state index in [1.54, 1.807) is 11.3 Å². The van der Waals surface area contributed by atoms with Crippen molar-refractivity contribution in [2.24, 2.45) is 0 Å². The van der Waals surface area contributed by atoms with Crippen LogP contribution in [0.15, 0.2) is 41.5 Å². The fraction of sp³-hybridized carbons (Fsp3) is 0.0909. The van der Waals surface area contributed by atoms with Crippen LogP contribution in [-0.4, -0.2) is 0 Å². The lowest BCUT2D eigenvalue weighted by Gasteiger charge is -2.10. The monoisotopic (exact) mass is 501 g/mol. The Labute approximate surface area is 138 Å². The second-order valence-electron chi connectivity index (χ2n) is 3.30. The van der Waals surface area contributed by atoms with Crippen molar-refractivity contribution in [3.05, 3.63) is 46.3 Å². The molecule has 0 amide bonds. The molecule has 0 aliphatic carbocycles. The predicted molar refractivity (Wildman–Crippen MR) is 88.9 cm³/mol. The second-order valence-corrected chi connectivity index (χ2v) is 8.48. The number of thiophene rings is 1. The van der Waals surface area contributed by atoms with Gasteiger partial charge >= 0.3 is 0 Å². The third kappa shape index (κ3) is 3.80. The largest absolute Gasteiger partial charge is 0.378 e. The predicted octanol–water partition coefficient (Wildman–Crippen LogP) is 6.41. The summed E-state index contributed by atoms with van der Waals surface area (Å²) in [5, 5.41) is 3.41. The lowest BCUT2D eigenvalue weighted by molar-refractivity contribution is 1.18. The molecule has 90 valence electrons. The molecule has 0 saturated heterocycles. The van der Waals surface area contributed by atoms with Crippen LogP contribution in [0, 0.1) is 0 Å². The first-order valence-electron chi connectivity index (χ1n) is 4.69. The average molecular weight is 505 g/mol. The Kier molecular flexibility index (Phi) is 5.12. The first-order chi connectivity index (χ1) is 8.06. The van der Waals surface area contributed by atoms with Crippen molar-refractivity contribution in [3.63, 3.8) is 0 Å². The van der Waals surface area contributed by atoms with E-state index in [1.807, 2.05) is 12.1 Å². The van der Waals surface area contributed by atoms with Gasteiger partial charge in [0.15, 0.2) is 0 Å². The molecular formula is C11H7Br4NS. The van der Waals surface area contributed by atoms with E-state index in [2.05, 4.69) is 81.2 Å². The normalized spacial score (nSPS) is 10.6. The maximum absolute atomic E-state index is 3.55. The SMILES string of the molecule is Brc1cc(Br)c(NCc2ccc(Br)s2)c(Br)c1. The van der Waals surface area contributed by atoms with Gasteiger partial charge in [0.25, 0.3) is 0 Å². The summed E-state index contributed by atoms with van der Waals surface area (Å²) in [6.07, 6.45) is 0. The van der Waals surface area contributed by atoms with Crippen LogP contribution in [-0.2, 0) is 6.54 Å². The van der Waals surface area contributed by atoms with Crippen LogP contribution < -0.4 is 5.32 Å². The maximum atomic E-state index is 3.55. The van der Waals surface area contributed by atoms with E-state index >= 15 is 0 Å². The fourth-order valence-electron chi connectivity index (χ4n) is 1.33. The van der Waals surface area contributed by atoms with Gasteiger partial charge in [-0.25, -0.2) is 0 Å². The van der Waals surface area contributed by atoms with Crippen molar-refractivity contribution in [2.75, 3.05) is 5.32 Å². The molecule has 2 rings (SSSR count). The standard InChI is InChI=1S/C11H7Br4NS/c12-6-3-8(13)11(9(14)4-6)16-5-7-1-2-10(15)17-7/h1-4,16H,5H2. The van der Waals surface area contributed by atoms with Crippen LogP contribution in [0.3, 0.4) is 0 Å². The molecule has 0 aliphatic rings. The van der Waals surface area contributed by atoms with Crippen molar-refractivity contribution < 1.29 is 0 Å². The Balaban J connectivity index is 2.14. The summed E-state index contributed by atoms with van der Waals surface area (Å²) >= 11 is 15.8. The van der Waals surface area contributed by atoms with Crippen molar-refractivity contribution >= 4 is 80.7 Å². The van der Waals surface area contributed by atoms with Gasteiger partial charge in [0.05, 0.1) is 9.47 Å². The molecule has 0 bridgehead atoms. The van der Waals surface area contributed by atoms with Gasteiger partial charge in [-0.3, -0.25) is 0 Å². The van der Waals surface area contributed by atoms with E-state index in [0.29, 0.717) is 0 Å². The van der Waals surface area contributed by atoms with E-state index in [0.717, 1.165) is 29.4 Å². The third-order valence-corrected chi connectivity index (χ3v) is 5.41. The Morgan fingerprint density at radius 2 is 1.65 bits per heavy atom. The number of anilines is 1. The van der Waals surface area contributed by atoms with Gasteiger partial charge < -0.3 is 5.32 Å². The van der Waals surface area contributed by atoms with Gasteiger partial charge in [-0.1, -0.05) is 15.9 Å². The summed E-state index contributed by atoms with van der Waals surface area (Å²) in [4.78, 5) is 1.29. The molecule has 0 fully saturated rings. The molecule has 2 aromatic rings. The van der Waals surface area contributed by atoms with Crippen LogP contribution in [0.5, 0.6) is 0 Å². The van der Waals surface area contributed by atoms with Gasteiger partial charge in [-0.2, -0.15) is 0 Å². The minimum Gasteiger partial charge on any atom is -0.378 e. The molecule has 6 heteroatoms. The molecule has 0 saturated carbocycles. The van der Waals surface area contributed by atoms with Gasteiger partial charge in [0.2, 0.25) is 0 Å². The van der Waals surface area contributed by atoms with Crippen LogP contribution in [0.1, 0.15) is 4.88 Å². The molecule has 1 heterocycles. The van der Waals surface area contributed by atoms with E-state index in [1.165, 1.54) is 4.88 Å². The fourth-order valence-corrected chi connectivity index (χ4v) is 5.30. The molecule has 17 heavy (non-hydrogen) atoms. The highest BCUT2D eigenvalue weighted by Gasteiger charge is 2.07. The minimum absolute atomic E-state index is 0.815. The van der Waals surface area contributed by atoms with E-state index in [4.69, 9.17) is 0 Å². The molecule has 0 atom stereocenters. The number of hydrogen-bond donors (Lipinski definition) is 1. The number of halogens is 4. The number of benzene rings is 1. The van der Waals surface area contributed by atoms with Crippen LogP contribution >= 0.6 is 75.1 Å². The van der Waals surface area contributed by atoms with Gasteiger partial charge in [-0.15, -0.1) is 11.3 Å². The molecular weight excluding hydrogens is 498 g/mol. The first-order valence-corrected chi connectivity index (χ1v) is 8.68. The van der Waals surface area contributed by atoms with Crippen LogP contribution in [0.25, 0.3) is 0 Å². The average Bonchev–Trinajstić information content (AvgIpc) is 2.62. The molecule has 1 nitrogen and oxygen atoms in total. The van der Waals surface area contributed by atoms with Crippen molar-refractivity contribution in [2.45, 2.75) is 6.54 Å². The number of rotatable bonds is 3. The quantitative estimate of drug-likeness (QED) is 0.509. The zero-order chi connectivity index (χ0) is 12.4. The summed E-state index contributed by atoms with van der Waals surface area (Å²) in [6, 6.07) is 8.23. The van der Waals surface area contributed by atoms with Gasteiger partial charge in [0, 0.05) is 24.8 Å². The third-order valence-electron chi connectivity index (χ3n) is 2.08. The zero-order valence-electron chi connectivity index (χ0n) is 8.44. The van der Waals surface area contributed by atoms with Gasteiger partial charge in [-0.05, 0) is 72.1 Å². The summed E-state index contributed by atoms with van der Waals surface area (Å²) in [5.74, 6) is 0. The van der Waals surface area contributed by atoms with E-state index in [9.17, 15) is 0 Å². The molecule has 1 N–H and O–H groups in total. The van der Waals surface area contributed by atoms with Crippen molar-refractivity contribution in [1.29, 1.82) is 0 Å². The first kappa shape index (κ1) is 14.1. The molecule has 0 aliphatic heterocycles. The Morgan fingerprint density at radius 1 is 1.00 bits per heavy atom. The highest BCUT2D eigenvalue weighted by Crippen LogP contribution is 2.35. The van der Waals surface area contributed by atoms with Crippen LogP contribution in [0.4, 0.5) is 5.69 Å². The Morgan fingerprint density at radius 3 is 2.18 bits per heavy atom. The molecule has 1 aromatic heterocycles. The molecule has 0 spiro atoms. The Bertz CT molecular complexity index is 515. The molecule has 0 radical (unpaired) electrons. The molecule has 0 unspecified atom stereocenters. The number of nitrogens with one attached hydrogen (secondary N) is 1. The highest BCUT2D eigenvalue weighted by molar-refractivity contribution is 9.12.